The van der Waals surface area contributed by atoms with Crippen LogP contribution in [-0.4, -0.2) is 19.8 Å². The molecule has 1 aromatic heterocycles. The van der Waals surface area contributed by atoms with Gasteiger partial charge in [0.2, 0.25) is 0 Å². The van der Waals surface area contributed by atoms with Crippen LogP contribution in [0.1, 0.15) is 5.56 Å². The largest absolute Gasteiger partial charge is 0.505 e. The molecule has 0 atom stereocenters. The summed E-state index contributed by atoms with van der Waals surface area (Å²) in [5.41, 5.74) is 0.412. The van der Waals surface area contributed by atoms with Gasteiger partial charge < -0.3 is 5.11 Å². The van der Waals surface area contributed by atoms with Crippen molar-refractivity contribution < 1.29 is 10.0 Å². The summed E-state index contributed by atoms with van der Waals surface area (Å²) in [7, 11) is 0. The summed E-state index contributed by atoms with van der Waals surface area (Å²) >= 11 is 5.70. The lowest BCUT2D eigenvalue weighted by Gasteiger charge is -2.03. The van der Waals surface area contributed by atoms with E-state index in [1.54, 1.807) is 12.1 Å². The summed E-state index contributed by atoms with van der Waals surface area (Å²) in [6.07, 6.45) is 2.65. The van der Waals surface area contributed by atoms with E-state index in [4.69, 9.17) is 16.7 Å². The van der Waals surface area contributed by atoms with Crippen molar-refractivity contribution in [3.05, 3.63) is 51.3 Å². The molecule has 17 heavy (non-hydrogen) atoms. The second-order valence-corrected chi connectivity index (χ2v) is 3.86. The highest BCUT2D eigenvalue weighted by atomic mass is 35.5. The smallest absolute Gasteiger partial charge is 0.275 e. The summed E-state index contributed by atoms with van der Waals surface area (Å²) in [5.74, 6) is 0.0154. The molecule has 0 radical (unpaired) electrons. The predicted molar refractivity (Wildman–Crippen MR) is 61.1 cm³/mol. The Labute approximate surface area is 101 Å². The van der Waals surface area contributed by atoms with Crippen LogP contribution in [0, 0.1) is 10.1 Å². The Kier molecular flexibility index (Phi) is 2.97. The van der Waals surface area contributed by atoms with Gasteiger partial charge in [0.05, 0.1) is 29.4 Å². The highest BCUT2D eigenvalue weighted by Gasteiger charge is 2.14. The highest BCUT2D eigenvalue weighted by Crippen LogP contribution is 2.24. The van der Waals surface area contributed by atoms with Crippen LogP contribution in [0.25, 0.3) is 0 Å². The number of aromatic hydroxyl groups is 1. The number of benzene rings is 1. The van der Waals surface area contributed by atoms with Crippen LogP contribution in [0.4, 0.5) is 5.69 Å². The minimum atomic E-state index is -0.495. The average molecular weight is 254 g/mol. The first-order chi connectivity index (χ1) is 8.06. The molecule has 0 aliphatic heterocycles. The summed E-state index contributed by atoms with van der Waals surface area (Å²) < 4.78 is 1.41. The first-order valence-electron chi connectivity index (χ1n) is 4.70. The molecule has 0 saturated carbocycles. The van der Waals surface area contributed by atoms with Crippen LogP contribution in [0.15, 0.2) is 30.6 Å². The van der Waals surface area contributed by atoms with Crippen molar-refractivity contribution in [1.82, 2.24) is 9.78 Å². The number of rotatable bonds is 3. The van der Waals surface area contributed by atoms with E-state index in [1.165, 1.54) is 23.1 Å². The molecule has 0 unspecified atom stereocenters. The van der Waals surface area contributed by atoms with Crippen molar-refractivity contribution >= 4 is 17.3 Å². The molecule has 0 aliphatic carbocycles. The minimum Gasteiger partial charge on any atom is -0.505 e. The fraction of sp³-hybridized carbons (Fsp3) is 0.100. The van der Waals surface area contributed by atoms with Gasteiger partial charge in [-0.05, 0) is 12.1 Å². The topological polar surface area (TPSA) is 81.2 Å². The van der Waals surface area contributed by atoms with Gasteiger partial charge in [-0.15, -0.1) is 0 Å². The zero-order valence-electron chi connectivity index (χ0n) is 8.58. The first-order valence-corrected chi connectivity index (χ1v) is 5.08. The zero-order valence-corrected chi connectivity index (χ0v) is 9.33. The van der Waals surface area contributed by atoms with Crippen LogP contribution >= 0.6 is 11.6 Å². The zero-order chi connectivity index (χ0) is 12.4. The molecule has 6 nitrogen and oxygen atoms in total. The van der Waals surface area contributed by atoms with Gasteiger partial charge in [-0.2, -0.15) is 5.10 Å². The summed E-state index contributed by atoms with van der Waals surface area (Å²) in [6.45, 7) is 0.202. The summed E-state index contributed by atoms with van der Waals surface area (Å²) in [6, 6.07) is 4.44. The van der Waals surface area contributed by atoms with E-state index in [1.807, 2.05) is 0 Å². The van der Waals surface area contributed by atoms with Gasteiger partial charge in [-0.25, -0.2) is 0 Å². The molecular weight excluding hydrogens is 246 g/mol. The van der Waals surface area contributed by atoms with E-state index in [9.17, 15) is 10.1 Å². The lowest BCUT2D eigenvalue weighted by Crippen LogP contribution is -2.03. The van der Waals surface area contributed by atoms with Crippen molar-refractivity contribution in [2.24, 2.45) is 0 Å². The first kappa shape index (κ1) is 11.4. The second-order valence-electron chi connectivity index (χ2n) is 3.43. The van der Waals surface area contributed by atoms with E-state index >= 15 is 0 Å². The van der Waals surface area contributed by atoms with Crippen molar-refractivity contribution in [1.29, 1.82) is 0 Å². The molecule has 0 bridgehead atoms. The Balaban J connectivity index is 2.35. The molecule has 0 spiro atoms. The third-order valence-corrected chi connectivity index (χ3v) is 2.43. The minimum absolute atomic E-state index is 0.0154. The molecule has 1 heterocycles. The van der Waals surface area contributed by atoms with E-state index in [0.717, 1.165) is 0 Å². The normalized spacial score (nSPS) is 10.4. The Bertz CT molecular complexity index is 568. The molecule has 2 aromatic rings. The Morgan fingerprint density at radius 2 is 2.29 bits per heavy atom. The SMILES string of the molecule is O=[N+]([O-])c1cc(Cl)ccc1Cn1cc(O)cn1. The van der Waals surface area contributed by atoms with Crippen LogP contribution in [0.3, 0.4) is 0 Å². The quantitative estimate of drug-likeness (QED) is 0.672. The molecule has 88 valence electrons. The number of hydrogen-bond donors (Lipinski definition) is 1. The average Bonchev–Trinajstić information content (AvgIpc) is 2.66. The summed E-state index contributed by atoms with van der Waals surface area (Å²) in [5, 5.41) is 24.1. The number of aromatic nitrogens is 2. The van der Waals surface area contributed by atoms with Crippen molar-refractivity contribution in [3.8, 4) is 5.75 Å². The van der Waals surface area contributed by atoms with E-state index < -0.39 is 4.92 Å². The van der Waals surface area contributed by atoms with Crippen molar-refractivity contribution in [2.75, 3.05) is 0 Å². The Hall–Kier alpha value is -2.08. The van der Waals surface area contributed by atoms with Gasteiger partial charge in [0.1, 0.15) is 0 Å². The molecule has 2 rings (SSSR count). The van der Waals surface area contributed by atoms with Crippen LogP contribution < -0.4 is 0 Å². The van der Waals surface area contributed by atoms with Gasteiger partial charge >= 0.3 is 0 Å². The lowest BCUT2D eigenvalue weighted by atomic mass is 10.2. The molecular formula is C10H8ClN3O3. The van der Waals surface area contributed by atoms with Crippen LogP contribution in [0.5, 0.6) is 5.75 Å². The molecule has 0 amide bonds. The molecule has 0 aliphatic rings. The van der Waals surface area contributed by atoms with Crippen molar-refractivity contribution in [2.45, 2.75) is 6.54 Å². The monoisotopic (exact) mass is 253 g/mol. The van der Waals surface area contributed by atoms with E-state index in [-0.39, 0.29) is 18.0 Å². The molecule has 1 N–H and O–H groups in total. The number of nitro groups is 1. The molecule has 0 saturated heterocycles. The molecule has 0 fully saturated rings. The van der Waals surface area contributed by atoms with Gasteiger partial charge in [0.25, 0.3) is 5.69 Å². The standard InChI is InChI=1S/C10H8ClN3O3/c11-8-2-1-7(10(3-8)14(16)17)5-13-6-9(15)4-12-13/h1-4,6,15H,5H2. The maximum absolute atomic E-state index is 10.8. The van der Waals surface area contributed by atoms with E-state index in [0.29, 0.717) is 10.6 Å². The van der Waals surface area contributed by atoms with Gasteiger partial charge in [0, 0.05) is 11.1 Å². The maximum atomic E-state index is 10.8. The fourth-order valence-corrected chi connectivity index (χ4v) is 1.62. The Morgan fingerprint density at radius 1 is 1.53 bits per heavy atom. The molecule has 1 aromatic carbocycles. The number of hydrogen-bond acceptors (Lipinski definition) is 4. The third kappa shape index (κ3) is 2.54. The lowest BCUT2D eigenvalue weighted by molar-refractivity contribution is -0.385. The predicted octanol–water partition coefficient (Wildman–Crippen LogP) is 2.20. The molecule has 7 heteroatoms. The third-order valence-electron chi connectivity index (χ3n) is 2.20. The van der Waals surface area contributed by atoms with Crippen LogP contribution in [-0.2, 0) is 6.54 Å². The fourth-order valence-electron chi connectivity index (χ4n) is 1.45. The Morgan fingerprint density at radius 3 is 2.88 bits per heavy atom. The van der Waals surface area contributed by atoms with E-state index in [2.05, 4.69) is 5.10 Å². The van der Waals surface area contributed by atoms with Gasteiger partial charge in [-0.3, -0.25) is 14.8 Å². The number of nitro benzene ring substituents is 1. The van der Waals surface area contributed by atoms with Gasteiger partial charge in [-0.1, -0.05) is 11.6 Å². The van der Waals surface area contributed by atoms with Crippen LogP contribution in [0.2, 0.25) is 5.02 Å². The second kappa shape index (κ2) is 4.42. The number of halogens is 1. The summed E-state index contributed by atoms with van der Waals surface area (Å²) in [4.78, 5) is 10.3. The van der Waals surface area contributed by atoms with Crippen molar-refractivity contribution in [3.63, 3.8) is 0 Å². The maximum Gasteiger partial charge on any atom is 0.275 e. The van der Waals surface area contributed by atoms with Gasteiger partial charge in [0.15, 0.2) is 5.75 Å². The number of nitrogens with zero attached hydrogens (tertiary/aromatic N) is 3. The highest BCUT2D eigenvalue weighted by molar-refractivity contribution is 6.30.